The summed E-state index contributed by atoms with van der Waals surface area (Å²) in [4.78, 5) is 2.79. The molecule has 0 amide bonds. The van der Waals surface area contributed by atoms with Crippen LogP contribution in [0.1, 0.15) is 66.2 Å². The highest BCUT2D eigenvalue weighted by Crippen LogP contribution is 2.36. The van der Waals surface area contributed by atoms with Crippen LogP contribution in [0.5, 0.6) is 0 Å². The first kappa shape index (κ1) is 16.5. The first-order chi connectivity index (χ1) is 8.58. The van der Waals surface area contributed by atoms with Gasteiger partial charge in [0, 0.05) is 17.9 Å². The molecule has 1 heterocycles. The molecule has 0 spiro atoms. The van der Waals surface area contributed by atoms with Crippen LogP contribution in [0.3, 0.4) is 0 Å². The van der Waals surface area contributed by atoms with E-state index in [1.165, 1.54) is 56.9 Å². The third-order valence-electron chi connectivity index (χ3n) is 4.57. The lowest BCUT2D eigenvalue weighted by atomic mass is 9.80. The normalized spacial score (nSPS) is 22.0. The van der Waals surface area contributed by atoms with Crippen molar-refractivity contribution >= 4 is 15.9 Å². The molecule has 1 saturated heterocycles. The van der Waals surface area contributed by atoms with Crippen molar-refractivity contribution in [2.45, 2.75) is 72.3 Å². The van der Waals surface area contributed by atoms with E-state index < -0.39 is 0 Å². The minimum Gasteiger partial charge on any atom is -0.300 e. The Morgan fingerprint density at radius 2 is 1.83 bits per heavy atom. The van der Waals surface area contributed by atoms with Gasteiger partial charge in [-0.3, -0.25) is 4.90 Å². The van der Waals surface area contributed by atoms with E-state index in [2.05, 4.69) is 48.5 Å². The molecule has 18 heavy (non-hydrogen) atoms. The zero-order valence-electron chi connectivity index (χ0n) is 12.8. The second kappa shape index (κ2) is 7.89. The molecule has 0 aliphatic carbocycles. The fraction of sp³-hybridized carbons (Fsp3) is 1.00. The van der Waals surface area contributed by atoms with Gasteiger partial charge in [-0.15, -0.1) is 0 Å². The molecule has 1 unspecified atom stereocenters. The highest BCUT2D eigenvalue weighted by atomic mass is 79.9. The molecule has 2 heteroatoms. The van der Waals surface area contributed by atoms with Crippen molar-refractivity contribution in [3.63, 3.8) is 0 Å². The molecule has 0 saturated carbocycles. The summed E-state index contributed by atoms with van der Waals surface area (Å²) in [7, 11) is 0. The lowest BCUT2D eigenvalue weighted by molar-refractivity contribution is 0.117. The molecule has 0 bridgehead atoms. The van der Waals surface area contributed by atoms with E-state index in [0.717, 1.165) is 12.0 Å². The Labute approximate surface area is 123 Å². The summed E-state index contributed by atoms with van der Waals surface area (Å²) in [5.41, 5.74) is 0.515. The van der Waals surface area contributed by atoms with E-state index in [-0.39, 0.29) is 0 Å². The summed E-state index contributed by atoms with van der Waals surface area (Å²) in [5.74, 6) is 0.809. The minimum absolute atomic E-state index is 0.515. The fourth-order valence-electron chi connectivity index (χ4n) is 3.75. The second-order valence-corrected chi connectivity index (χ2v) is 7.12. The van der Waals surface area contributed by atoms with Crippen LogP contribution in [0.2, 0.25) is 0 Å². The summed E-state index contributed by atoms with van der Waals surface area (Å²) < 4.78 is 0. The average molecular weight is 318 g/mol. The topological polar surface area (TPSA) is 3.24 Å². The molecule has 1 aliphatic rings. The van der Waals surface area contributed by atoms with Crippen LogP contribution in [-0.2, 0) is 0 Å². The van der Waals surface area contributed by atoms with Gasteiger partial charge >= 0.3 is 0 Å². The van der Waals surface area contributed by atoms with E-state index in [0.29, 0.717) is 5.41 Å². The van der Waals surface area contributed by atoms with Crippen molar-refractivity contribution < 1.29 is 0 Å². The number of hydrogen-bond donors (Lipinski definition) is 0. The highest BCUT2D eigenvalue weighted by Gasteiger charge is 2.35. The zero-order chi connectivity index (χ0) is 13.6. The summed E-state index contributed by atoms with van der Waals surface area (Å²) in [6.07, 6.45) is 8.17. The number of halogens is 1. The maximum Gasteiger partial charge on any atom is 0.0119 e. The zero-order valence-corrected chi connectivity index (χ0v) is 14.4. The van der Waals surface area contributed by atoms with Gasteiger partial charge in [0.1, 0.15) is 0 Å². The Balaban J connectivity index is 2.69. The molecule has 0 N–H and O–H groups in total. The molecule has 0 aromatic carbocycles. The van der Waals surface area contributed by atoms with E-state index in [1.807, 2.05) is 0 Å². The molecule has 0 aromatic heterocycles. The van der Waals surface area contributed by atoms with Crippen LogP contribution in [0.25, 0.3) is 0 Å². The summed E-state index contributed by atoms with van der Waals surface area (Å²) >= 11 is 3.81. The molecule has 1 nitrogen and oxygen atoms in total. The fourth-order valence-corrected chi connectivity index (χ4v) is 4.49. The molecular weight excluding hydrogens is 286 g/mol. The number of nitrogens with zero attached hydrogens (tertiary/aromatic N) is 1. The highest BCUT2D eigenvalue weighted by molar-refractivity contribution is 9.09. The van der Waals surface area contributed by atoms with Gasteiger partial charge in [0.2, 0.25) is 0 Å². The summed E-state index contributed by atoms with van der Waals surface area (Å²) in [6.45, 7) is 12.1. The van der Waals surface area contributed by atoms with Gasteiger partial charge in [-0.1, -0.05) is 56.5 Å². The third-order valence-corrected chi connectivity index (χ3v) is 5.76. The van der Waals surface area contributed by atoms with E-state index >= 15 is 0 Å². The Morgan fingerprint density at radius 1 is 1.22 bits per heavy atom. The van der Waals surface area contributed by atoms with Crippen LogP contribution >= 0.6 is 15.9 Å². The summed E-state index contributed by atoms with van der Waals surface area (Å²) in [5, 5.41) is 1.17. The number of hydrogen-bond acceptors (Lipinski definition) is 1. The van der Waals surface area contributed by atoms with E-state index in [4.69, 9.17) is 0 Å². The number of likely N-dealkylation sites (tertiary alicyclic amines) is 1. The monoisotopic (exact) mass is 317 g/mol. The molecular formula is C16H32BrN. The van der Waals surface area contributed by atoms with Crippen molar-refractivity contribution in [2.24, 2.45) is 11.3 Å². The molecule has 1 fully saturated rings. The molecule has 1 rings (SSSR count). The minimum atomic E-state index is 0.515. The van der Waals surface area contributed by atoms with Crippen molar-refractivity contribution in [1.82, 2.24) is 4.90 Å². The number of alkyl halides is 1. The lowest BCUT2D eigenvalue weighted by Crippen LogP contribution is -2.43. The van der Waals surface area contributed by atoms with Gasteiger partial charge in [0.15, 0.2) is 0 Å². The predicted octanol–water partition coefficient (Wildman–Crippen LogP) is 5.09. The quantitative estimate of drug-likeness (QED) is 0.564. The Morgan fingerprint density at radius 3 is 2.28 bits per heavy atom. The first-order valence-electron chi connectivity index (χ1n) is 7.88. The lowest BCUT2D eigenvalue weighted by Gasteiger charge is -2.39. The van der Waals surface area contributed by atoms with Crippen LogP contribution in [0.4, 0.5) is 0 Å². The van der Waals surface area contributed by atoms with Crippen LogP contribution in [0, 0.1) is 11.3 Å². The van der Waals surface area contributed by atoms with Crippen molar-refractivity contribution in [2.75, 3.05) is 18.4 Å². The van der Waals surface area contributed by atoms with Gasteiger partial charge in [0.25, 0.3) is 0 Å². The largest absolute Gasteiger partial charge is 0.300 e. The smallest absolute Gasteiger partial charge is 0.0119 e. The van der Waals surface area contributed by atoms with Gasteiger partial charge in [-0.25, -0.2) is 0 Å². The first-order valence-corrected chi connectivity index (χ1v) is 9.00. The van der Waals surface area contributed by atoms with E-state index in [1.54, 1.807) is 0 Å². The van der Waals surface area contributed by atoms with Crippen LogP contribution in [0.15, 0.2) is 0 Å². The predicted molar refractivity (Wildman–Crippen MR) is 85.5 cm³/mol. The number of rotatable bonds is 8. The van der Waals surface area contributed by atoms with E-state index in [9.17, 15) is 0 Å². The third kappa shape index (κ3) is 4.23. The standard InChI is InChI=1S/C16H32BrN/c1-5-9-16(12-17,10-6-2)13-18-11-7-8-15(18)14(3)4/h14-15H,5-13H2,1-4H3. The average Bonchev–Trinajstić information content (AvgIpc) is 2.77. The van der Waals surface area contributed by atoms with Gasteiger partial charge < -0.3 is 0 Å². The Bertz CT molecular complexity index is 221. The molecule has 1 atom stereocenters. The summed E-state index contributed by atoms with van der Waals surface area (Å²) in [6, 6.07) is 0.831. The van der Waals surface area contributed by atoms with Crippen molar-refractivity contribution in [3.8, 4) is 0 Å². The molecule has 108 valence electrons. The van der Waals surface area contributed by atoms with Gasteiger partial charge in [-0.2, -0.15) is 0 Å². The maximum absolute atomic E-state index is 3.81. The Hall–Kier alpha value is 0.440. The molecule has 1 aliphatic heterocycles. The van der Waals surface area contributed by atoms with Crippen molar-refractivity contribution in [1.29, 1.82) is 0 Å². The van der Waals surface area contributed by atoms with Crippen LogP contribution < -0.4 is 0 Å². The van der Waals surface area contributed by atoms with Crippen LogP contribution in [-0.4, -0.2) is 29.4 Å². The molecule has 0 aromatic rings. The Kier molecular flexibility index (Phi) is 7.23. The van der Waals surface area contributed by atoms with Gasteiger partial charge in [-0.05, 0) is 43.6 Å². The second-order valence-electron chi connectivity index (χ2n) is 6.56. The molecule has 0 radical (unpaired) electrons. The maximum atomic E-state index is 3.81. The van der Waals surface area contributed by atoms with Gasteiger partial charge in [0.05, 0.1) is 0 Å². The van der Waals surface area contributed by atoms with Crippen molar-refractivity contribution in [3.05, 3.63) is 0 Å². The SMILES string of the molecule is CCCC(CBr)(CCC)CN1CCCC1C(C)C.